The van der Waals surface area contributed by atoms with Crippen LogP contribution in [0, 0.1) is 5.92 Å². The zero-order valence-electron chi connectivity index (χ0n) is 15.8. The van der Waals surface area contributed by atoms with Gasteiger partial charge in [-0.05, 0) is 37.1 Å². The fourth-order valence-electron chi connectivity index (χ4n) is 3.75. The third-order valence-corrected chi connectivity index (χ3v) is 5.39. The summed E-state index contributed by atoms with van der Waals surface area (Å²) in [6.07, 6.45) is 5.95. The zero-order chi connectivity index (χ0) is 19.3. The number of ketones is 1. The van der Waals surface area contributed by atoms with E-state index in [9.17, 15) is 9.59 Å². The molecule has 1 aliphatic heterocycles. The molecule has 146 valence electrons. The number of carbonyl (C=O) groups is 2. The fraction of sp³-hybridized carbons (Fsp3) is 0.450. The Labute approximate surface area is 164 Å². The molecule has 2 fully saturated rings. The number of hydrogen-bond acceptors (Lipinski definition) is 7. The summed E-state index contributed by atoms with van der Waals surface area (Å²) in [5.74, 6) is 1.98. The lowest BCUT2D eigenvalue weighted by Gasteiger charge is -2.37. The minimum absolute atomic E-state index is 0.0156. The van der Waals surface area contributed by atoms with Crippen LogP contribution in [-0.2, 0) is 9.59 Å². The summed E-state index contributed by atoms with van der Waals surface area (Å²) < 4.78 is 0. The van der Waals surface area contributed by atoms with Crippen LogP contribution in [0.3, 0.4) is 0 Å². The molecule has 1 aliphatic carbocycles. The SMILES string of the molecule is O=C1CCC(C(=O)N2CCN(c3ccc(Nc4cccnc4)nn3)CC2)CC1. The van der Waals surface area contributed by atoms with Gasteiger partial charge in [0.05, 0.1) is 11.9 Å². The molecule has 0 atom stereocenters. The summed E-state index contributed by atoms with van der Waals surface area (Å²) in [7, 11) is 0. The van der Waals surface area contributed by atoms with Crippen molar-refractivity contribution in [3.63, 3.8) is 0 Å². The topological polar surface area (TPSA) is 91.3 Å². The van der Waals surface area contributed by atoms with E-state index in [0.717, 1.165) is 24.6 Å². The maximum absolute atomic E-state index is 12.7. The largest absolute Gasteiger partial charge is 0.352 e. The van der Waals surface area contributed by atoms with E-state index in [4.69, 9.17) is 0 Å². The number of rotatable bonds is 4. The summed E-state index contributed by atoms with van der Waals surface area (Å²) in [6.45, 7) is 2.84. The average molecular weight is 380 g/mol. The minimum Gasteiger partial charge on any atom is -0.352 e. The number of Topliss-reactive ketones (excluding diaryl/α,β-unsaturated/α-hetero) is 1. The molecule has 8 nitrogen and oxygen atoms in total. The molecule has 1 saturated carbocycles. The molecular weight excluding hydrogens is 356 g/mol. The highest BCUT2D eigenvalue weighted by molar-refractivity contribution is 5.84. The van der Waals surface area contributed by atoms with Crippen molar-refractivity contribution in [1.29, 1.82) is 0 Å². The second-order valence-electron chi connectivity index (χ2n) is 7.27. The lowest BCUT2D eigenvalue weighted by molar-refractivity contribution is -0.137. The fourth-order valence-corrected chi connectivity index (χ4v) is 3.75. The second kappa shape index (κ2) is 8.33. The molecule has 0 unspecified atom stereocenters. The smallest absolute Gasteiger partial charge is 0.225 e. The number of hydrogen-bond donors (Lipinski definition) is 1. The van der Waals surface area contributed by atoms with E-state index in [-0.39, 0.29) is 17.6 Å². The van der Waals surface area contributed by atoms with Crippen molar-refractivity contribution < 1.29 is 9.59 Å². The first-order valence-electron chi connectivity index (χ1n) is 9.75. The Morgan fingerprint density at radius 1 is 1.04 bits per heavy atom. The van der Waals surface area contributed by atoms with Gasteiger partial charge in [-0.25, -0.2) is 0 Å². The monoisotopic (exact) mass is 380 g/mol. The van der Waals surface area contributed by atoms with Crippen molar-refractivity contribution in [2.75, 3.05) is 36.4 Å². The Morgan fingerprint density at radius 3 is 2.46 bits per heavy atom. The third-order valence-electron chi connectivity index (χ3n) is 5.39. The summed E-state index contributed by atoms with van der Waals surface area (Å²) in [6, 6.07) is 7.61. The highest BCUT2D eigenvalue weighted by Gasteiger charge is 2.30. The van der Waals surface area contributed by atoms with E-state index in [1.807, 2.05) is 29.2 Å². The molecule has 0 aromatic carbocycles. The van der Waals surface area contributed by atoms with E-state index in [2.05, 4.69) is 25.4 Å². The van der Waals surface area contributed by atoms with Crippen LogP contribution in [0.5, 0.6) is 0 Å². The molecule has 0 spiro atoms. The molecule has 2 aromatic rings. The molecule has 8 heteroatoms. The molecule has 3 heterocycles. The summed E-state index contributed by atoms with van der Waals surface area (Å²) in [4.78, 5) is 32.2. The zero-order valence-corrected chi connectivity index (χ0v) is 15.8. The predicted octanol–water partition coefficient (Wildman–Crippen LogP) is 2.02. The average Bonchev–Trinajstić information content (AvgIpc) is 2.75. The number of amides is 1. The van der Waals surface area contributed by atoms with Gasteiger partial charge in [0.2, 0.25) is 5.91 Å². The predicted molar refractivity (Wildman–Crippen MR) is 105 cm³/mol. The number of nitrogens with zero attached hydrogens (tertiary/aromatic N) is 5. The van der Waals surface area contributed by atoms with Gasteiger partial charge >= 0.3 is 0 Å². The maximum atomic E-state index is 12.7. The summed E-state index contributed by atoms with van der Waals surface area (Å²) >= 11 is 0. The van der Waals surface area contributed by atoms with Gasteiger partial charge in [0, 0.05) is 51.1 Å². The molecule has 28 heavy (non-hydrogen) atoms. The Bertz CT molecular complexity index is 808. The van der Waals surface area contributed by atoms with Gasteiger partial charge in [0.25, 0.3) is 0 Å². The van der Waals surface area contributed by atoms with Gasteiger partial charge < -0.3 is 15.1 Å². The van der Waals surface area contributed by atoms with Gasteiger partial charge in [-0.2, -0.15) is 0 Å². The van der Waals surface area contributed by atoms with Crippen molar-refractivity contribution >= 4 is 29.0 Å². The van der Waals surface area contributed by atoms with Crippen molar-refractivity contribution in [3.8, 4) is 0 Å². The molecule has 2 aromatic heterocycles. The summed E-state index contributed by atoms with van der Waals surface area (Å²) in [5, 5.41) is 11.7. The first-order valence-corrected chi connectivity index (χ1v) is 9.75. The van der Waals surface area contributed by atoms with E-state index < -0.39 is 0 Å². The normalized spacial score (nSPS) is 18.2. The standard InChI is InChI=1S/C20H24N6O2/c27-17-5-3-15(4-6-17)20(28)26-12-10-25(11-13-26)19-8-7-18(23-24-19)22-16-2-1-9-21-14-16/h1-2,7-9,14-15H,3-6,10-13H2,(H,22,23). The minimum atomic E-state index is 0.0156. The van der Waals surface area contributed by atoms with Crippen LogP contribution >= 0.6 is 0 Å². The van der Waals surface area contributed by atoms with Crippen molar-refractivity contribution in [3.05, 3.63) is 36.7 Å². The van der Waals surface area contributed by atoms with Gasteiger partial charge in [-0.1, -0.05) is 0 Å². The highest BCUT2D eigenvalue weighted by atomic mass is 16.2. The summed E-state index contributed by atoms with van der Waals surface area (Å²) in [5.41, 5.74) is 0.862. The first-order chi connectivity index (χ1) is 13.7. The molecule has 1 N–H and O–H groups in total. The van der Waals surface area contributed by atoms with E-state index in [1.165, 1.54) is 0 Å². The van der Waals surface area contributed by atoms with Crippen LogP contribution < -0.4 is 10.2 Å². The van der Waals surface area contributed by atoms with Crippen LogP contribution in [0.1, 0.15) is 25.7 Å². The van der Waals surface area contributed by atoms with E-state index in [0.29, 0.717) is 44.6 Å². The van der Waals surface area contributed by atoms with Crippen molar-refractivity contribution in [2.24, 2.45) is 5.92 Å². The van der Waals surface area contributed by atoms with Crippen LogP contribution in [0.4, 0.5) is 17.3 Å². The van der Waals surface area contributed by atoms with Gasteiger partial charge in [0.15, 0.2) is 11.6 Å². The van der Waals surface area contributed by atoms with E-state index >= 15 is 0 Å². The molecule has 2 aliphatic rings. The molecule has 1 amide bonds. The molecule has 1 saturated heterocycles. The Kier molecular flexibility index (Phi) is 5.45. The van der Waals surface area contributed by atoms with Crippen LogP contribution in [-0.4, -0.2) is 58.0 Å². The number of pyridine rings is 1. The van der Waals surface area contributed by atoms with Gasteiger partial charge in [-0.3, -0.25) is 14.6 Å². The van der Waals surface area contributed by atoms with Crippen molar-refractivity contribution in [1.82, 2.24) is 20.1 Å². The maximum Gasteiger partial charge on any atom is 0.225 e. The molecule has 0 bridgehead atoms. The number of aromatic nitrogens is 3. The third kappa shape index (κ3) is 4.27. The van der Waals surface area contributed by atoms with Gasteiger partial charge in [-0.15, -0.1) is 10.2 Å². The second-order valence-corrected chi connectivity index (χ2v) is 7.27. The molecule has 4 rings (SSSR count). The number of anilines is 3. The molecule has 0 radical (unpaired) electrons. The van der Waals surface area contributed by atoms with E-state index in [1.54, 1.807) is 12.4 Å². The Balaban J connectivity index is 1.30. The van der Waals surface area contributed by atoms with Gasteiger partial charge in [0.1, 0.15) is 5.78 Å². The Hall–Kier alpha value is -3.03. The van der Waals surface area contributed by atoms with Crippen LogP contribution in [0.2, 0.25) is 0 Å². The number of carbonyl (C=O) groups excluding carboxylic acids is 2. The quantitative estimate of drug-likeness (QED) is 0.868. The first kappa shape index (κ1) is 18.3. The number of nitrogens with one attached hydrogen (secondary N) is 1. The number of piperazine rings is 1. The van der Waals surface area contributed by atoms with Crippen LogP contribution in [0.25, 0.3) is 0 Å². The van der Waals surface area contributed by atoms with Crippen molar-refractivity contribution in [2.45, 2.75) is 25.7 Å². The lowest BCUT2D eigenvalue weighted by atomic mass is 9.87. The Morgan fingerprint density at radius 2 is 1.82 bits per heavy atom. The highest BCUT2D eigenvalue weighted by Crippen LogP contribution is 2.24. The molecular formula is C20H24N6O2. The van der Waals surface area contributed by atoms with Crippen LogP contribution in [0.15, 0.2) is 36.7 Å². The lowest BCUT2D eigenvalue weighted by Crippen LogP contribution is -2.51.